The van der Waals surface area contributed by atoms with E-state index in [9.17, 15) is 9.59 Å². The zero-order chi connectivity index (χ0) is 21.1. The minimum Gasteiger partial charge on any atom is -0.316 e. The third kappa shape index (κ3) is 4.13. The minimum atomic E-state index is -0.337. The Bertz CT molecular complexity index is 1290. The van der Waals surface area contributed by atoms with Gasteiger partial charge in [-0.15, -0.1) is 0 Å². The first-order valence-corrected chi connectivity index (χ1v) is 10.8. The number of hydrogen-bond donors (Lipinski definition) is 0. The molecule has 6 heteroatoms. The van der Waals surface area contributed by atoms with E-state index in [4.69, 9.17) is 11.6 Å². The molecule has 0 radical (unpaired) electrons. The van der Waals surface area contributed by atoms with Crippen LogP contribution in [0.1, 0.15) is 39.6 Å². The molecule has 0 aliphatic carbocycles. The van der Waals surface area contributed by atoms with Crippen LogP contribution in [0.25, 0.3) is 10.2 Å². The summed E-state index contributed by atoms with van der Waals surface area (Å²) in [7, 11) is 0. The molecule has 0 bridgehead atoms. The van der Waals surface area contributed by atoms with Crippen molar-refractivity contribution >= 4 is 44.8 Å². The van der Waals surface area contributed by atoms with Gasteiger partial charge in [0.25, 0.3) is 5.91 Å². The first kappa shape index (κ1) is 20.3. The molecule has 0 spiro atoms. The molecule has 30 heavy (non-hydrogen) atoms. The fraction of sp³-hybridized carbons (Fsp3) is 0.125. The molecular formula is C24H19ClN2O2S. The Balaban J connectivity index is 1.66. The largest absolute Gasteiger partial charge is 0.316 e. The summed E-state index contributed by atoms with van der Waals surface area (Å²) in [4.78, 5) is 30.3. The average Bonchev–Trinajstić information content (AvgIpc) is 3.10. The fourth-order valence-electron chi connectivity index (χ4n) is 3.24. The van der Waals surface area contributed by atoms with Crippen molar-refractivity contribution in [2.45, 2.75) is 19.9 Å². The predicted octanol–water partition coefficient (Wildman–Crippen LogP) is 5.74. The number of thiazole rings is 1. The molecule has 0 aliphatic heterocycles. The van der Waals surface area contributed by atoms with Crippen LogP contribution in [0.3, 0.4) is 0 Å². The van der Waals surface area contributed by atoms with Crippen LogP contribution in [0.15, 0.2) is 77.8 Å². The number of amides is 1. The number of ketones is 1. The molecule has 1 amide bonds. The van der Waals surface area contributed by atoms with Crippen LogP contribution in [-0.4, -0.2) is 16.3 Å². The van der Waals surface area contributed by atoms with E-state index in [-0.39, 0.29) is 11.7 Å². The highest BCUT2D eigenvalue weighted by Crippen LogP contribution is 2.22. The Morgan fingerprint density at radius 2 is 1.60 bits per heavy atom. The normalized spacial score (nSPS) is 11.7. The lowest BCUT2D eigenvalue weighted by atomic mass is 10.0. The number of aromatic nitrogens is 1. The Labute approximate surface area is 183 Å². The van der Waals surface area contributed by atoms with Crippen molar-refractivity contribution in [2.75, 3.05) is 0 Å². The molecule has 0 atom stereocenters. The number of benzene rings is 3. The number of carbonyl (C=O) groups excluding carboxylic acids is 2. The molecule has 4 rings (SSSR count). The van der Waals surface area contributed by atoms with E-state index in [1.54, 1.807) is 36.4 Å². The van der Waals surface area contributed by atoms with E-state index in [0.29, 0.717) is 26.5 Å². The highest BCUT2D eigenvalue weighted by molar-refractivity contribution is 7.16. The van der Waals surface area contributed by atoms with E-state index in [1.807, 2.05) is 41.0 Å². The zero-order valence-corrected chi connectivity index (χ0v) is 17.9. The summed E-state index contributed by atoms with van der Waals surface area (Å²) in [6, 6.07) is 21.4. The predicted molar refractivity (Wildman–Crippen MR) is 121 cm³/mol. The number of halogens is 1. The topological polar surface area (TPSA) is 51.4 Å². The number of fused-ring (bicyclic) bond motifs is 1. The van der Waals surface area contributed by atoms with E-state index in [1.165, 1.54) is 11.3 Å². The van der Waals surface area contributed by atoms with Crippen LogP contribution in [-0.2, 0) is 6.54 Å². The Hall–Kier alpha value is -3.02. The second-order valence-corrected chi connectivity index (χ2v) is 8.28. The van der Waals surface area contributed by atoms with Crippen molar-refractivity contribution in [3.05, 3.63) is 99.3 Å². The first-order valence-electron chi connectivity index (χ1n) is 9.64. The maximum Gasteiger partial charge on any atom is 0.279 e. The monoisotopic (exact) mass is 434 g/mol. The van der Waals surface area contributed by atoms with Crippen molar-refractivity contribution in [3.8, 4) is 0 Å². The summed E-state index contributed by atoms with van der Waals surface area (Å²) in [6.07, 6.45) is 0.923. The van der Waals surface area contributed by atoms with Gasteiger partial charge in [0.1, 0.15) is 0 Å². The van der Waals surface area contributed by atoms with Crippen LogP contribution in [0.2, 0.25) is 5.02 Å². The van der Waals surface area contributed by atoms with Gasteiger partial charge >= 0.3 is 0 Å². The summed E-state index contributed by atoms with van der Waals surface area (Å²) in [6.45, 7) is 2.85. The van der Waals surface area contributed by atoms with Gasteiger partial charge in [0, 0.05) is 28.3 Å². The lowest BCUT2D eigenvalue weighted by Gasteiger charge is -2.03. The van der Waals surface area contributed by atoms with Crippen molar-refractivity contribution in [3.63, 3.8) is 0 Å². The molecule has 0 saturated heterocycles. The maximum atomic E-state index is 12.8. The van der Waals surface area contributed by atoms with Gasteiger partial charge in [-0.05, 0) is 36.8 Å². The van der Waals surface area contributed by atoms with Crippen molar-refractivity contribution in [2.24, 2.45) is 4.99 Å². The second-order valence-electron chi connectivity index (χ2n) is 6.84. The first-order chi connectivity index (χ1) is 14.6. The number of rotatable bonds is 5. The highest BCUT2D eigenvalue weighted by atomic mass is 35.5. The number of nitrogens with zero attached hydrogens (tertiary/aromatic N) is 2. The van der Waals surface area contributed by atoms with Crippen molar-refractivity contribution in [1.82, 2.24) is 4.57 Å². The van der Waals surface area contributed by atoms with Crippen LogP contribution in [0, 0.1) is 0 Å². The van der Waals surface area contributed by atoms with Gasteiger partial charge in [-0.1, -0.05) is 72.3 Å². The molecular weight excluding hydrogens is 416 g/mol. The molecule has 1 heterocycles. The maximum absolute atomic E-state index is 12.8. The molecule has 4 nitrogen and oxygen atoms in total. The number of hydrogen-bond acceptors (Lipinski definition) is 3. The van der Waals surface area contributed by atoms with Gasteiger partial charge in [-0.2, -0.15) is 4.99 Å². The van der Waals surface area contributed by atoms with Crippen molar-refractivity contribution < 1.29 is 9.59 Å². The van der Waals surface area contributed by atoms with Gasteiger partial charge in [-0.25, -0.2) is 0 Å². The smallest absolute Gasteiger partial charge is 0.279 e. The lowest BCUT2D eigenvalue weighted by molar-refractivity contribution is 0.0994. The van der Waals surface area contributed by atoms with E-state index < -0.39 is 0 Å². The summed E-state index contributed by atoms with van der Waals surface area (Å²) in [5.74, 6) is -0.412. The molecule has 150 valence electrons. The van der Waals surface area contributed by atoms with Gasteiger partial charge in [0.05, 0.1) is 10.2 Å². The van der Waals surface area contributed by atoms with Crippen LogP contribution in [0.4, 0.5) is 0 Å². The molecule has 3 aromatic carbocycles. The summed E-state index contributed by atoms with van der Waals surface area (Å²) in [5, 5.41) is 0.656. The average molecular weight is 435 g/mol. The standard InChI is InChI=1S/C24H19ClN2O2S/c1-2-14-27-20-13-12-19(25)15-21(20)30-24(27)26-23(29)18-10-8-17(9-11-18)22(28)16-6-4-3-5-7-16/h3-13,15H,2,14H2,1H3. The lowest BCUT2D eigenvalue weighted by Crippen LogP contribution is -2.16. The molecule has 0 N–H and O–H groups in total. The van der Waals surface area contributed by atoms with E-state index in [0.717, 1.165) is 23.2 Å². The molecule has 0 fully saturated rings. The second kappa shape index (κ2) is 8.78. The van der Waals surface area contributed by atoms with Gasteiger partial charge in [0.2, 0.25) is 0 Å². The zero-order valence-electron chi connectivity index (χ0n) is 16.3. The number of carbonyl (C=O) groups is 2. The fourth-order valence-corrected chi connectivity index (χ4v) is 4.57. The Kier molecular flexibility index (Phi) is 5.93. The quantitative estimate of drug-likeness (QED) is 0.376. The van der Waals surface area contributed by atoms with Gasteiger partial charge in [0.15, 0.2) is 10.6 Å². The molecule has 0 unspecified atom stereocenters. The molecule has 0 aliphatic rings. The summed E-state index contributed by atoms with van der Waals surface area (Å²) < 4.78 is 3.04. The summed E-state index contributed by atoms with van der Waals surface area (Å²) in [5.41, 5.74) is 2.61. The minimum absolute atomic E-state index is 0.0753. The van der Waals surface area contributed by atoms with Gasteiger partial charge in [-0.3, -0.25) is 9.59 Å². The third-order valence-electron chi connectivity index (χ3n) is 4.72. The van der Waals surface area contributed by atoms with Crippen LogP contribution in [0.5, 0.6) is 0 Å². The van der Waals surface area contributed by atoms with Crippen LogP contribution < -0.4 is 4.80 Å². The van der Waals surface area contributed by atoms with E-state index >= 15 is 0 Å². The SMILES string of the molecule is CCCn1c(=NC(=O)c2ccc(C(=O)c3ccccc3)cc2)sc2cc(Cl)ccc21. The molecule has 0 saturated carbocycles. The molecule has 1 aromatic heterocycles. The number of aryl methyl sites for hydroxylation is 1. The Morgan fingerprint density at radius 3 is 2.30 bits per heavy atom. The van der Waals surface area contributed by atoms with Crippen LogP contribution >= 0.6 is 22.9 Å². The van der Waals surface area contributed by atoms with Gasteiger partial charge < -0.3 is 4.57 Å². The summed E-state index contributed by atoms with van der Waals surface area (Å²) >= 11 is 7.56. The van der Waals surface area contributed by atoms with Crippen molar-refractivity contribution in [1.29, 1.82) is 0 Å². The Morgan fingerprint density at radius 1 is 0.933 bits per heavy atom. The third-order valence-corrected chi connectivity index (χ3v) is 6.00. The highest BCUT2D eigenvalue weighted by Gasteiger charge is 2.12. The molecule has 4 aromatic rings. The van der Waals surface area contributed by atoms with E-state index in [2.05, 4.69) is 11.9 Å².